The lowest BCUT2D eigenvalue weighted by molar-refractivity contribution is 0.102. The summed E-state index contributed by atoms with van der Waals surface area (Å²) in [6.07, 6.45) is 0.991. The summed E-state index contributed by atoms with van der Waals surface area (Å²) in [5.74, 6) is 1.84. The highest BCUT2D eigenvalue weighted by molar-refractivity contribution is 6.05. The Bertz CT molecular complexity index is 943. The summed E-state index contributed by atoms with van der Waals surface area (Å²) in [4.78, 5) is 12.7. The molecule has 0 aliphatic carbocycles. The number of amides is 1. The highest BCUT2D eigenvalue weighted by Crippen LogP contribution is 2.25. The lowest BCUT2D eigenvalue weighted by atomic mass is 10.2. The molecule has 0 aliphatic heterocycles. The van der Waals surface area contributed by atoms with Crippen molar-refractivity contribution in [1.82, 2.24) is 0 Å². The second-order valence-electron chi connectivity index (χ2n) is 6.82. The normalized spacial score (nSPS) is 11.4. The zero-order chi connectivity index (χ0) is 21.2. The van der Waals surface area contributed by atoms with Crippen LogP contribution in [0.25, 0.3) is 0 Å². The van der Waals surface area contributed by atoms with E-state index in [1.807, 2.05) is 73.7 Å². The molecule has 5 nitrogen and oxygen atoms in total. The van der Waals surface area contributed by atoms with Gasteiger partial charge in [0.15, 0.2) is 0 Å². The van der Waals surface area contributed by atoms with Crippen LogP contribution in [0.4, 0.5) is 5.69 Å². The first-order chi connectivity index (χ1) is 14.7. The topological polar surface area (TPSA) is 56.8 Å². The van der Waals surface area contributed by atoms with Gasteiger partial charge >= 0.3 is 0 Å². The number of anilines is 1. The first-order valence-electron chi connectivity index (χ1n) is 10.1. The molecule has 0 aliphatic rings. The highest BCUT2D eigenvalue weighted by Gasteiger charge is 2.11. The summed E-state index contributed by atoms with van der Waals surface area (Å²) in [6.45, 7) is 4.83. The Kier molecular flexibility index (Phi) is 7.72. The van der Waals surface area contributed by atoms with Crippen molar-refractivity contribution in [2.24, 2.45) is 0 Å². The van der Waals surface area contributed by atoms with Gasteiger partial charge in [-0.2, -0.15) is 0 Å². The van der Waals surface area contributed by atoms with Crippen LogP contribution in [0.2, 0.25) is 0 Å². The summed E-state index contributed by atoms with van der Waals surface area (Å²) in [6, 6.07) is 24.1. The van der Waals surface area contributed by atoms with Gasteiger partial charge in [0.2, 0.25) is 0 Å². The van der Waals surface area contributed by atoms with E-state index in [9.17, 15) is 4.79 Å². The molecule has 1 atom stereocenters. The monoisotopic (exact) mass is 405 g/mol. The molecule has 3 aromatic carbocycles. The molecule has 0 bridgehead atoms. The molecule has 0 spiro atoms. The maximum atomic E-state index is 12.7. The van der Waals surface area contributed by atoms with E-state index in [-0.39, 0.29) is 12.0 Å². The molecule has 30 heavy (non-hydrogen) atoms. The van der Waals surface area contributed by atoms with E-state index in [1.165, 1.54) is 0 Å². The molecular weight excluding hydrogens is 378 g/mol. The SMILES string of the molecule is CCC(C)Oc1cccc(C(=O)Nc2ccccc2OCCOc2ccccc2)c1. The number of benzene rings is 3. The number of para-hydroxylation sites is 3. The third-order valence-corrected chi connectivity index (χ3v) is 4.50. The number of nitrogens with one attached hydrogen (secondary N) is 1. The van der Waals surface area contributed by atoms with Crippen LogP contribution in [0.1, 0.15) is 30.6 Å². The average molecular weight is 405 g/mol. The predicted molar refractivity (Wildman–Crippen MR) is 119 cm³/mol. The van der Waals surface area contributed by atoms with E-state index < -0.39 is 0 Å². The summed E-state index contributed by atoms with van der Waals surface area (Å²) in [5.41, 5.74) is 1.13. The van der Waals surface area contributed by atoms with E-state index in [1.54, 1.807) is 12.1 Å². The number of hydrogen-bond donors (Lipinski definition) is 1. The molecule has 1 amide bonds. The van der Waals surface area contributed by atoms with Crippen LogP contribution in [0, 0.1) is 0 Å². The largest absolute Gasteiger partial charge is 0.491 e. The molecule has 0 saturated carbocycles. The van der Waals surface area contributed by atoms with Crippen LogP contribution in [0.15, 0.2) is 78.9 Å². The molecule has 1 N–H and O–H groups in total. The smallest absolute Gasteiger partial charge is 0.255 e. The van der Waals surface area contributed by atoms with Gasteiger partial charge in [0.1, 0.15) is 30.5 Å². The van der Waals surface area contributed by atoms with Crippen LogP contribution < -0.4 is 19.5 Å². The number of ether oxygens (including phenoxy) is 3. The first-order valence-corrected chi connectivity index (χ1v) is 10.1. The first kappa shape index (κ1) is 21.2. The van der Waals surface area contributed by atoms with Crippen LogP contribution in [-0.4, -0.2) is 25.2 Å². The minimum absolute atomic E-state index is 0.0931. The third-order valence-electron chi connectivity index (χ3n) is 4.50. The van der Waals surface area contributed by atoms with Crippen molar-refractivity contribution >= 4 is 11.6 Å². The van der Waals surface area contributed by atoms with Crippen LogP contribution in [-0.2, 0) is 0 Å². The van der Waals surface area contributed by atoms with Crippen LogP contribution >= 0.6 is 0 Å². The zero-order valence-electron chi connectivity index (χ0n) is 17.3. The fraction of sp³-hybridized carbons (Fsp3) is 0.240. The van der Waals surface area contributed by atoms with Gasteiger partial charge in [-0.05, 0) is 55.8 Å². The number of hydrogen-bond acceptors (Lipinski definition) is 4. The van der Waals surface area contributed by atoms with Gasteiger partial charge in [-0.15, -0.1) is 0 Å². The fourth-order valence-corrected chi connectivity index (χ4v) is 2.74. The molecule has 0 aromatic heterocycles. The van der Waals surface area contributed by atoms with E-state index in [0.29, 0.717) is 36.0 Å². The summed E-state index contributed by atoms with van der Waals surface area (Å²) in [5, 5.41) is 2.92. The quantitative estimate of drug-likeness (QED) is 0.448. The Morgan fingerprint density at radius 2 is 1.57 bits per heavy atom. The fourth-order valence-electron chi connectivity index (χ4n) is 2.74. The summed E-state index contributed by atoms with van der Waals surface area (Å²) in [7, 11) is 0. The molecule has 0 fully saturated rings. The Hall–Kier alpha value is -3.47. The summed E-state index contributed by atoms with van der Waals surface area (Å²) >= 11 is 0. The van der Waals surface area contributed by atoms with Crippen molar-refractivity contribution in [3.05, 3.63) is 84.4 Å². The maximum absolute atomic E-state index is 12.7. The second kappa shape index (κ2) is 10.9. The van der Waals surface area contributed by atoms with Gasteiger partial charge in [0, 0.05) is 5.56 Å². The minimum Gasteiger partial charge on any atom is -0.491 e. The van der Waals surface area contributed by atoms with Gasteiger partial charge < -0.3 is 19.5 Å². The van der Waals surface area contributed by atoms with E-state index in [2.05, 4.69) is 12.2 Å². The molecule has 5 heteroatoms. The Balaban J connectivity index is 1.59. The molecule has 0 radical (unpaired) electrons. The van der Waals surface area contributed by atoms with Crippen molar-refractivity contribution in [2.75, 3.05) is 18.5 Å². The van der Waals surface area contributed by atoms with Gasteiger partial charge in [0.25, 0.3) is 5.91 Å². The molecule has 156 valence electrons. The highest BCUT2D eigenvalue weighted by atomic mass is 16.5. The minimum atomic E-state index is -0.221. The number of rotatable bonds is 10. The second-order valence-corrected chi connectivity index (χ2v) is 6.82. The van der Waals surface area contributed by atoms with Crippen molar-refractivity contribution < 1.29 is 19.0 Å². The van der Waals surface area contributed by atoms with E-state index >= 15 is 0 Å². The molecule has 0 saturated heterocycles. The van der Waals surface area contributed by atoms with Crippen LogP contribution in [0.5, 0.6) is 17.2 Å². The predicted octanol–water partition coefficient (Wildman–Crippen LogP) is 5.57. The Morgan fingerprint density at radius 1 is 0.867 bits per heavy atom. The molecule has 3 rings (SSSR count). The maximum Gasteiger partial charge on any atom is 0.255 e. The van der Waals surface area contributed by atoms with Crippen molar-refractivity contribution in [1.29, 1.82) is 0 Å². The number of carbonyl (C=O) groups is 1. The standard InChI is InChI=1S/C25H27NO4/c1-3-19(2)30-22-13-9-10-20(18-22)25(27)26-23-14-7-8-15-24(23)29-17-16-28-21-11-5-4-6-12-21/h4-15,18-19H,3,16-17H2,1-2H3,(H,26,27). The lowest BCUT2D eigenvalue weighted by Crippen LogP contribution is -2.15. The zero-order valence-corrected chi connectivity index (χ0v) is 17.3. The number of carbonyl (C=O) groups excluding carboxylic acids is 1. The lowest BCUT2D eigenvalue weighted by Gasteiger charge is -2.15. The van der Waals surface area contributed by atoms with Gasteiger partial charge in [-0.25, -0.2) is 0 Å². The van der Waals surface area contributed by atoms with E-state index in [0.717, 1.165) is 12.2 Å². The van der Waals surface area contributed by atoms with E-state index in [4.69, 9.17) is 14.2 Å². The Labute approximate surface area is 177 Å². The van der Waals surface area contributed by atoms with Gasteiger partial charge in [-0.3, -0.25) is 4.79 Å². The molecule has 1 unspecified atom stereocenters. The molecule has 0 heterocycles. The molecule has 3 aromatic rings. The van der Waals surface area contributed by atoms with Crippen molar-refractivity contribution in [3.63, 3.8) is 0 Å². The van der Waals surface area contributed by atoms with Crippen molar-refractivity contribution in [3.8, 4) is 17.2 Å². The van der Waals surface area contributed by atoms with Gasteiger partial charge in [-0.1, -0.05) is 43.3 Å². The van der Waals surface area contributed by atoms with Crippen molar-refractivity contribution in [2.45, 2.75) is 26.4 Å². The summed E-state index contributed by atoms with van der Waals surface area (Å²) < 4.78 is 17.3. The average Bonchev–Trinajstić information content (AvgIpc) is 2.78. The van der Waals surface area contributed by atoms with Crippen LogP contribution in [0.3, 0.4) is 0 Å². The van der Waals surface area contributed by atoms with Gasteiger partial charge in [0.05, 0.1) is 11.8 Å². The Morgan fingerprint density at radius 3 is 2.37 bits per heavy atom. The third kappa shape index (κ3) is 6.27. The molecular formula is C25H27NO4.